The van der Waals surface area contributed by atoms with Crippen molar-refractivity contribution >= 4 is 23.9 Å². The van der Waals surface area contributed by atoms with E-state index in [1.165, 1.54) is 18.2 Å². The molecule has 0 unspecified atom stereocenters. The molecule has 1 aliphatic rings. The van der Waals surface area contributed by atoms with E-state index < -0.39 is 0 Å². The minimum Gasteiger partial charge on any atom is -0.497 e. The lowest BCUT2D eigenvalue weighted by Crippen LogP contribution is -2.28. The Kier molecular flexibility index (Phi) is 6.26. The van der Waals surface area contributed by atoms with Crippen molar-refractivity contribution in [2.24, 2.45) is 0 Å². The number of carbonyl (C=O) groups excluding carboxylic acids is 1. The molecule has 4 aromatic rings. The highest BCUT2D eigenvalue weighted by molar-refractivity contribution is 6.00. The lowest BCUT2D eigenvalue weighted by Gasteiger charge is -2.31. The Balaban J connectivity index is 1.38. The monoisotopic (exact) mass is 469 g/mol. The van der Waals surface area contributed by atoms with Gasteiger partial charge in [-0.05, 0) is 53.5 Å². The Labute approximate surface area is 202 Å². The molecule has 1 aliphatic heterocycles. The van der Waals surface area contributed by atoms with E-state index in [1.54, 1.807) is 30.0 Å². The quantitative estimate of drug-likeness (QED) is 0.378. The second kappa shape index (κ2) is 9.80. The van der Waals surface area contributed by atoms with Gasteiger partial charge in [0.05, 0.1) is 19.2 Å². The summed E-state index contributed by atoms with van der Waals surface area (Å²) in [6, 6.07) is 23.6. The van der Waals surface area contributed by atoms with Crippen LogP contribution in [0.25, 0.3) is 6.08 Å². The van der Waals surface area contributed by atoms with Gasteiger partial charge in [0.2, 0.25) is 5.95 Å². The van der Waals surface area contributed by atoms with E-state index in [2.05, 4.69) is 32.8 Å². The molecule has 1 amide bonds. The molecule has 5 rings (SSSR count). The SMILES string of the molecule is COc1ccc(/C=C/C(=O)Nc2nc3n(n2)[C@@H](c2ccc(F)cc2)C[C@@H](c2ccccc2)N3)cc1. The number of hydrogen-bond donors (Lipinski definition) is 2. The number of nitrogens with one attached hydrogen (secondary N) is 2. The van der Waals surface area contributed by atoms with Crippen LogP contribution >= 0.6 is 0 Å². The third-order valence-corrected chi connectivity index (χ3v) is 5.92. The molecule has 0 saturated heterocycles. The van der Waals surface area contributed by atoms with Crippen molar-refractivity contribution in [1.82, 2.24) is 14.8 Å². The molecule has 0 bridgehead atoms. The van der Waals surface area contributed by atoms with E-state index in [4.69, 9.17) is 4.74 Å². The molecule has 8 heteroatoms. The highest BCUT2D eigenvalue weighted by atomic mass is 19.1. The second-order valence-electron chi connectivity index (χ2n) is 8.21. The molecule has 176 valence electrons. The zero-order chi connectivity index (χ0) is 24.2. The molecule has 7 nitrogen and oxygen atoms in total. The Hall–Kier alpha value is -4.46. The first kappa shape index (κ1) is 22.3. The summed E-state index contributed by atoms with van der Waals surface area (Å²) in [4.78, 5) is 17.0. The van der Waals surface area contributed by atoms with Crippen LogP contribution in [0.2, 0.25) is 0 Å². The Morgan fingerprint density at radius 2 is 1.80 bits per heavy atom. The number of nitrogens with zero attached hydrogens (tertiary/aromatic N) is 3. The van der Waals surface area contributed by atoms with E-state index in [1.807, 2.05) is 42.5 Å². The number of aromatic nitrogens is 3. The number of ether oxygens (including phenoxy) is 1. The zero-order valence-corrected chi connectivity index (χ0v) is 19.1. The zero-order valence-electron chi connectivity index (χ0n) is 19.1. The number of fused-ring (bicyclic) bond motifs is 1. The van der Waals surface area contributed by atoms with Crippen LogP contribution in [0.15, 0.2) is 84.9 Å². The predicted molar refractivity (Wildman–Crippen MR) is 133 cm³/mol. The third-order valence-electron chi connectivity index (χ3n) is 5.92. The lowest BCUT2D eigenvalue weighted by molar-refractivity contribution is -0.111. The van der Waals surface area contributed by atoms with Gasteiger partial charge < -0.3 is 10.1 Å². The predicted octanol–water partition coefficient (Wildman–Crippen LogP) is 5.22. The van der Waals surface area contributed by atoms with Crippen LogP contribution in [-0.2, 0) is 4.79 Å². The fraction of sp³-hybridized carbons (Fsp3) is 0.148. The van der Waals surface area contributed by atoms with E-state index in [0.717, 1.165) is 22.4 Å². The van der Waals surface area contributed by atoms with E-state index in [-0.39, 0.29) is 29.8 Å². The molecule has 0 spiro atoms. The number of amides is 1. The average molecular weight is 470 g/mol. The van der Waals surface area contributed by atoms with Crippen LogP contribution in [0.4, 0.5) is 16.3 Å². The molecular weight excluding hydrogens is 445 g/mol. The summed E-state index contributed by atoms with van der Waals surface area (Å²) >= 11 is 0. The van der Waals surface area contributed by atoms with Gasteiger partial charge in [-0.3, -0.25) is 10.1 Å². The molecule has 3 aromatic carbocycles. The number of anilines is 2. The summed E-state index contributed by atoms with van der Waals surface area (Å²) in [7, 11) is 1.60. The van der Waals surface area contributed by atoms with Gasteiger partial charge >= 0.3 is 0 Å². The number of methoxy groups -OCH3 is 1. The Bertz CT molecular complexity index is 1330. The van der Waals surface area contributed by atoms with Gasteiger partial charge in [-0.15, -0.1) is 5.10 Å². The van der Waals surface area contributed by atoms with Gasteiger partial charge in [-0.2, -0.15) is 4.98 Å². The first-order valence-electron chi connectivity index (χ1n) is 11.3. The minimum atomic E-state index is -0.346. The standard InChI is InChI=1S/C27H24FN5O2/c1-35-22-14-7-18(8-15-22)9-16-25(34)30-26-31-27-29-23(19-5-3-2-4-6-19)17-24(33(27)32-26)20-10-12-21(28)13-11-20/h2-16,23-24H,17H2,1H3,(H2,29,30,31,32,34)/b16-9+/t23-,24+/m0/s1. The number of carbonyl (C=O) groups is 1. The Morgan fingerprint density at radius 1 is 1.06 bits per heavy atom. The molecule has 35 heavy (non-hydrogen) atoms. The lowest BCUT2D eigenvalue weighted by atomic mass is 9.93. The van der Waals surface area contributed by atoms with Crippen molar-refractivity contribution in [1.29, 1.82) is 0 Å². The maximum Gasteiger partial charge on any atom is 0.250 e. The summed E-state index contributed by atoms with van der Waals surface area (Å²) in [5.41, 5.74) is 2.89. The minimum absolute atomic E-state index is 0.0125. The summed E-state index contributed by atoms with van der Waals surface area (Å²) in [6.45, 7) is 0. The molecule has 0 radical (unpaired) electrons. The van der Waals surface area contributed by atoms with Crippen molar-refractivity contribution in [2.75, 3.05) is 17.7 Å². The van der Waals surface area contributed by atoms with Crippen LogP contribution in [0.5, 0.6) is 5.75 Å². The van der Waals surface area contributed by atoms with Gasteiger partial charge in [0, 0.05) is 6.08 Å². The van der Waals surface area contributed by atoms with Gasteiger partial charge in [-0.25, -0.2) is 9.07 Å². The average Bonchev–Trinajstić information content (AvgIpc) is 3.30. The van der Waals surface area contributed by atoms with Crippen molar-refractivity contribution < 1.29 is 13.9 Å². The molecule has 2 atom stereocenters. The normalized spacial score (nSPS) is 17.0. The van der Waals surface area contributed by atoms with Crippen molar-refractivity contribution in [3.05, 3.63) is 107 Å². The van der Waals surface area contributed by atoms with Crippen molar-refractivity contribution in [2.45, 2.75) is 18.5 Å². The highest BCUT2D eigenvalue weighted by Gasteiger charge is 2.31. The fourth-order valence-corrected chi connectivity index (χ4v) is 4.14. The van der Waals surface area contributed by atoms with Crippen molar-refractivity contribution in [3.63, 3.8) is 0 Å². The first-order valence-corrected chi connectivity index (χ1v) is 11.3. The molecular formula is C27H24FN5O2. The fourth-order valence-electron chi connectivity index (χ4n) is 4.14. The van der Waals surface area contributed by atoms with E-state index >= 15 is 0 Å². The van der Waals surface area contributed by atoms with Crippen LogP contribution in [0.1, 0.15) is 35.2 Å². The number of halogens is 1. The second-order valence-corrected chi connectivity index (χ2v) is 8.21. The van der Waals surface area contributed by atoms with Gasteiger partial charge in [0.1, 0.15) is 11.6 Å². The molecule has 1 aromatic heterocycles. The summed E-state index contributed by atoms with van der Waals surface area (Å²) in [5, 5.41) is 10.7. The van der Waals surface area contributed by atoms with Gasteiger partial charge in [-0.1, -0.05) is 54.6 Å². The maximum absolute atomic E-state index is 13.6. The smallest absolute Gasteiger partial charge is 0.250 e. The Morgan fingerprint density at radius 3 is 2.51 bits per heavy atom. The van der Waals surface area contributed by atoms with Crippen LogP contribution in [-0.4, -0.2) is 27.8 Å². The molecule has 0 aliphatic carbocycles. The number of hydrogen-bond acceptors (Lipinski definition) is 5. The maximum atomic E-state index is 13.6. The summed E-state index contributed by atoms with van der Waals surface area (Å²) in [5.74, 6) is 0.836. The van der Waals surface area contributed by atoms with Gasteiger partial charge in [0.25, 0.3) is 11.9 Å². The molecule has 0 fully saturated rings. The number of rotatable bonds is 6. The van der Waals surface area contributed by atoms with E-state index in [9.17, 15) is 9.18 Å². The van der Waals surface area contributed by atoms with Crippen LogP contribution in [0, 0.1) is 5.82 Å². The molecule has 2 heterocycles. The highest BCUT2D eigenvalue weighted by Crippen LogP contribution is 2.38. The summed E-state index contributed by atoms with van der Waals surface area (Å²) < 4.78 is 20.5. The van der Waals surface area contributed by atoms with Gasteiger partial charge in [0.15, 0.2) is 0 Å². The molecule has 2 N–H and O–H groups in total. The number of benzene rings is 3. The van der Waals surface area contributed by atoms with Crippen LogP contribution in [0.3, 0.4) is 0 Å². The topological polar surface area (TPSA) is 81.1 Å². The molecule has 0 saturated carbocycles. The summed E-state index contributed by atoms with van der Waals surface area (Å²) in [6.07, 6.45) is 3.83. The largest absolute Gasteiger partial charge is 0.497 e. The third kappa shape index (κ3) is 5.06. The van der Waals surface area contributed by atoms with Crippen LogP contribution < -0.4 is 15.4 Å². The van der Waals surface area contributed by atoms with E-state index in [0.29, 0.717) is 12.4 Å². The van der Waals surface area contributed by atoms with Crippen molar-refractivity contribution in [3.8, 4) is 5.75 Å². The first-order chi connectivity index (χ1) is 17.1.